The number of amides is 1. The van der Waals surface area contributed by atoms with Crippen LogP contribution in [0.3, 0.4) is 0 Å². The zero-order valence-electron chi connectivity index (χ0n) is 16.5. The third-order valence-corrected chi connectivity index (χ3v) is 7.77. The van der Waals surface area contributed by atoms with Crippen molar-refractivity contribution in [1.29, 1.82) is 0 Å². The molecule has 160 valence electrons. The first-order chi connectivity index (χ1) is 14.4. The Morgan fingerprint density at radius 2 is 1.67 bits per heavy atom. The number of piperidine rings is 1. The molecule has 8 nitrogen and oxygen atoms in total. The van der Waals surface area contributed by atoms with Gasteiger partial charge in [-0.2, -0.15) is 4.31 Å². The molecule has 1 saturated heterocycles. The van der Waals surface area contributed by atoms with Gasteiger partial charge in [0.25, 0.3) is 0 Å². The van der Waals surface area contributed by atoms with E-state index in [-0.39, 0.29) is 10.8 Å². The van der Waals surface area contributed by atoms with Crippen molar-refractivity contribution >= 4 is 16.1 Å². The smallest absolute Gasteiger partial charge is 0.406 e. The fraction of sp³-hybridized carbons (Fsp3) is 0.429. The van der Waals surface area contributed by atoms with Crippen LogP contribution < -0.4 is 10.5 Å². The van der Waals surface area contributed by atoms with Crippen molar-refractivity contribution in [3.63, 3.8) is 0 Å². The SMILES string of the molecule is NC(=O)OC1C2CCCCC2CCN1S(=O)(=O)c1ccc(Oc2ccncc2)cc1. The lowest BCUT2D eigenvalue weighted by Gasteiger charge is -2.45. The van der Waals surface area contributed by atoms with Crippen molar-refractivity contribution in [2.24, 2.45) is 17.6 Å². The highest BCUT2D eigenvalue weighted by Gasteiger charge is 2.46. The Balaban J connectivity index is 1.57. The summed E-state index contributed by atoms with van der Waals surface area (Å²) < 4.78 is 39.1. The van der Waals surface area contributed by atoms with Gasteiger partial charge in [0.05, 0.1) is 4.90 Å². The number of nitrogens with zero attached hydrogens (tertiary/aromatic N) is 2. The highest BCUT2D eigenvalue weighted by Crippen LogP contribution is 2.42. The molecule has 0 bridgehead atoms. The predicted molar refractivity (Wildman–Crippen MR) is 109 cm³/mol. The Morgan fingerprint density at radius 1 is 1.00 bits per heavy atom. The number of nitrogens with two attached hydrogens (primary N) is 1. The van der Waals surface area contributed by atoms with Gasteiger partial charge in [-0.3, -0.25) is 4.98 Å². The van der Waals surface area contributed by atoms with Crippen LogP contribution in [0.2, 0.25) is 0 Å². The van der Waals surface area contributed by atoms with Gasteiger partial charge < -0.3 is 15.2 Å². The number of primary amides is 1. The molecule has 30 heavy (non-hydrogen) atoms. The van der Waals surface area contributed by atoms with E-state index in [4.69, 9.17) is 15.2 Å². The Kier molecular flexibility index (Phi) is 5.92. The van der Waals surface area contributed by atoms with Gasteiger partial charge in [-0.25, -0.2) is 13.2 Å². The zero-order chi connectivity index (χ0) is 21.1. The normalized spacial score (nSPS) is 24.6. The molecule has 2 heterocycles. The summed E-state index contributed by atoms with van der Waals surface area (Å²) >= 11 is 0. The molecule has 1 aliphatic carbocycles. The van der Waals surface area contributed by atoms with Crippen LogP contribution in [0.4, 0.5) is 4.79 Å². The summed E-state index contributed by atoms with van der Waals surface area (Å²) in [5, 5.41) is 0. The Hall–Kier alpha value is -2.65. The molecule has 4 rings (SSSR count). The average Bonchev–Trinajstić information content (AvgIpc) is 2.74. The maximum atomic E-state index is 13.4. The number of aromatic nitrogens is 1. The Bertz CT molecular complexity index is 981. The number of benzene rings is 1. The maximum Gasteiger partial charge on any atom is 0.406 e. The van der Waals surface area contributed by atoms with E-state index in [1.165, 1.54) is 16.4 Å². The van der Waals surface area contributed by atoms with Crippen LogP contribution in [-0.4, -0.2) is 36.6 Å². The van der Waals surface area contributed by atoms with Gasteiger partial charge in [0.15, 0.2) is 6.23 Å². The first-order valence-electron chi connectivity index (χ1n) is 10.1. The van der Waals surface area contributed by atoms with Gasteiger partial charge in [0, 0.05) is 24.9 Å². The lowest BCUT2D eigenvalue weighted by atomic mass is 9.74. The van der Waals surface area contributed by atoms with Gasteiger partial charge in [-0.15, -0.1) is 0 Å². The molecule has 0 spiro atoms. The molecule has 1 aromatic carbocycles. The minimum absolute atomic E-state index is 0.0240. The van der Waals surface area contributed by atoms with Crippen molar-refractivity contribution in [2.45, 2.75) is 43.2 Å². The molecule has 2 aromatic rings. The van der Waals surface area contributed by atoms with Crippen molar-refractivity contribution in [3.05, 3.63) is 48.8 Å². The van der Waals surface area contributed by atoms with Crippen LogP contribution in [0.15, 0.2) is 53.7 Å². The average molecular weight is 432 g/mol. The molecule has 1 amide bonds. The van der Waals surface area contributed by atoms with Crippen molar-refractivity contribution in [1.82, 2.24) is 9.29 Å². The van der Waals surface area contributed by atoms with E-state index >= 15 is 0 Å². The van der Waals surface area contributed by atoms with E-state index in [1.807, 2.05) is 0 Å². The second-order valence-electron chi connectivity index (χ2n) is 7.70. The van der Waals surface area contributed by atoms with Crippen LogP contribution in [0, 0.1) is 11.8 Å². The summed E-state index contributed by atoms with van der Waals surface area (Å²) in [5.74, 6) is 1.45. The number of carbonyl (C=O) groups is 1. The second kappa shape index (κ2) is 8.61. The molecule has 2 N–H and O–H groups in total. The van der Waals surface area contributed by atoms with E-state index in [2.05, 4.69) is 4.98 Å². The fourth-order valence-electron chi connectivity index (χ4n) is 4.48. The molecule has 1 aliphatic heterocycles. The summed E-state index contributed by atoms with van der Waals surface area (Å²) in [6.45, 7) is 0.302. The number of rotatable bonds is 5. The third kappa shape index (κ3) is 4.27. The summed E-state index contributed by atoms with van der Waals surface area (Å²) in [7, 11) is -3.86. The molecule has 1 aromatic heterocycles. The van der Waals surface area contributed by atoms with Crippen molar-refractivity contribution in [3.8, 4) is 11.5 Å². The number of hydrogen-bond donors (Lipinski definition) is 1. The molecule has 0 radical (unpaired) electrons. The van der Waals surface area contributed by atoms with Crippen LogP contribution in [0.5, 0.6) is 11.5 Å². The molecule has 2 fully saturated rings. The lowest BCUT2D eigenvalue weighted by molar-refractivity contribution is -0.0651. The molecular weight excluding hydrogens is 406 g/mol. The first kappa shape index (κ1) is 20.6. The van der Waals surface area contributed by atoms with Crippen LogP contribution in [0.1, 0.15) is 32.1 Å². The highest BCUT2D eigenvalue weighted by atomic mass is 32.2. The summed E-state index contributed by atoms with van der Waals surface area (Å²) in [6.07, 6.45) is 6.14. The fourth-order valence-corrected chi connectivity index (χ4v) is 6.05. The van der Waals surface area contributed by atoms with E-state index < -0.39 is 22.3 Å². The molecule has 9 heteroatoms. The third-order valence-electron chi connectivity index (χ3n) is 5.89. The predicted octanol–water partition coefficient (Wildman–Crippen LogP) is 3.50. The van der Waals surface area contributed by atoms with Gasteiger partial charge in [-0.1, -0.05) is 12.8 Å². The van der Waals surface area contributed by atoms with E-state index in [9.17, 15) is 13.2 Å². The van der Waals surface area contributed by atoms with Crippen molar-refractivity contribution < 1.29 is 22.7 Å². The monoisotopic (exact) mass is 431 g/mol. The van der Waals surface area contributed by atoms with Gasteiger partial charge in [-0.05, 0) is 61.6 Å². The Labute approximate surface area is 176 Å². The molecule has 2 aliphatic rings. The number of hydrogen-bond acceptors (Lipinski definition) is 6. The molecule has 1 saturated carbocycles. The highest BCUT2D eigenvalue weighted by molar-refractivity contribution is 7.89. The quantitative estimate of drug-likeness (QED) is 0.775. The van der Waals surface area contributed by atoms with Crippen LogP contribution in [-0.2, 0) is 14.8 Å². The minimum atomic E-state index is -3.86. The van der Waals surface area contributed by atoms with Crippen LogP contribution >= 0.6 is 0 Å². The van der Waals surface area contributed by atoms with E-state index in [0.29, 0.717) is 24.0 Å². The Morgan fingerprint density at radius 3 is 2.37 bits per heavy atom. The molecular formula is C21H25N3O5S. The van der Waals surface area contributed by atoms with Crippen LogP contribution in [0.25, 0.3) is 0 Å². The standard InChI is InChI=1S/C21H25N3O5S/c22-21(25)29-20-19-4-2-1-3-15(19)11-14-24(20)30(26,27)18-7-5-16(6-8-18)28-17-9-12-23-13-10-17/h5-10,12-13,15,19-20H,1-4,11,14H2,(H2,22,25). The zero-order valence-corrected chi connectivity index (χ0v) is 17.3. The lowest BCUT2D eigenvalue weighted by Crippen LogP contribution is -2.54. The maximum absolute atomic E-state index is 13.4. The number of carbonyl (C=O) groups excluding carboxylic acids is 1. The van der Waals surface area contributed by atoms with E-state index in [0.717, 1.165) is 32.1 Å². The van der Waals surface area contributed by atoms with Gasteiger partial charge in [0.1, 0.15) is 11.5 Å². The first-order valence-corrected chi connectivity index (χ1v) is 11.5. The van der Waals surface area contributed by atoms with E-state index in [1.54, 1.807) is 36.7 Å². The molecule has 3 unspecified atom stereocenters. The second-order valence-corrected chi connectivity index (χ2v) is 9.59. The molecule has 3 atom stereocenters. The van der Waals surface area contributed by atoms with Gasteiger partial charge >= 0.3 is 6.09 Å². The summed E-state index contributed by atoms with van der Waals surface area (Å²) in [6, 6.07) is 9.63. The summed E-state index contributed by atoms with van der Waals surface area (Å²) in [5.41, 5.74) is 5.28. The summed E-state index contributed by atoms with van der Waals surface area (Å²) in [4.78, 5) is 15.6. The number of sulfonamides is 1. The van der Waals surface area contributed by atoms with Crippen molar-refractivity contribution in [2.75, 3.05) is 6.54 Å². The number of fused-ring (bicyclic) bond motifs is 1. The number of pyridine rings is 1. The van der Waals surface area contributed by atoms with Gasteiger partial charge in [0.2, 0.25) is 10.0 Å². The largest absolute Gasteiger partial charge is 0.457 e. The number of ether oxygens (including phenoxy) is 2. The minimum Gasteiger partial charge on any atom is -0.457 e. The topological polar surface area (TPSA) is 112 Å².